The molecule has 0 atom stereocenters. The number of hydrogen-bond donors (Lipinski definition) is 0. The Bertz CT molecular complexity index is 3140. The molecule has 0 amide bonds. The summed E-state index contributed by atoms with van der Waals surface area (Å²) in [6, 6.07) is 59.8. The van der Waals surface area contributed by atoms with Crippen molar-refractivity contribution in [2.45, 2.75) is 0 Å². The van der Waals surface area contributed by atoms with Gasteiger partial charge in [-0.3, -0.25) is 9.13 Å². The Hall–Kier alpha value is -6.89. The van der Waals surface area contributed by atoms with Gasteiger partial charge in [0, 0.05) is 51.0 Å². The third kappa shape index (κ3) is 5.84. The van der Waals surface area contributed by atoms with E-state index in [1.807, 2.05) is 49.7 Å². The van der Waals surface area contributed by atoms with Crippen LogP contribution in [0.25, 0.3) is 98.5 Å². The molecule has 7 aromatic carbocycles. The Kier molecular flexibility index (Phi) is 7.86. The number of nitrogens with zero attached hydrogens (tertiary/aromatic N) is 4. The predicted octanol–water partition coefficient (Wildman–Crippen LogP) is 12.0. The summed E-state index contributed by atoms with van der Waals surface area (Å²) in [6.45, 7) is 0. The third-order valence-electron chi connectivity index (χ3n) is 10.6. The van der Waals surface area contributed by atoms with Gasteiger partial charge in [-0.2, -0.15) is 0 Å². The first kappa shape index (κ1) is 32.7. The summed E-state index contributed by atoms with van der Waals surface area (Å²) in [5.41, 5.74) is 13.0. The number of rotatable bonds is 6. The van der Waals surface area contributed by atoms with Gasteiger partial charge in [-0.15, -0.1) is 11.3 Å². The molecule has 5 nitrogen and oxygen atoms in total. The Labute approximate surface area is 322 Å². The molecular weight excluding hydrogens is 693 g/mol. The zero-order valence-electron chi connectivity index (χ0n) is 30.3. The van der Waals surface area contributed by atoms with Gasteiger partial charge in [0.25, 0.3) is 0 Å². The minimum atomic E-state index is -0.0390. The van der Waals surface area contributed by atoms with Gasteiger partial charge in [-0.05, 0) is 94.0 Å². The molecule has 3 aromatic heterocycles. The minimum absolute atomic E-state index is 0.0390. The number of fused-ring (bicyclic) bond motifs is 4. The van der Waals surface area contributed by atoms with E-state index in [0.717, 1.165) is 72.5 Å². The predicted molar refractivity (Wildman–Crippen MR) is 229 cm³/mol. The monoisotopic (exact) mass is 726 g/mol. The number of aromatic nitrogens is 4. The lowest BCUT2D eigenvalue weighted by Gasteiger charge is -2.14. The second-order valence-electron chi connectivity index (χ2n) is 14.0. The fourth-order valence-corrected chi connectivity index (χ4v) is 8.74. The summed E-state index contributed by atoms with van der Waals surface area (Å²) in [7, 11) is 3.63. The Morgan fingerprint density at radius 2 is 0.945 bits per heavy atom. The normalized spacial score (nSPS) is 11.5. The van der Waals surface area contributed by atoms with Crippen LogP contribution in [0, 0.1) is 0 Å². The van der Waals surface area contributed by atoms with Crippen LogP contribution in [-0.2, 0) is 14.1 Å². The van der Waals surface area contributed by atoms with Crippen LogP contribution in [0.15, 0.2) is 175 Å². The van der Waals surface area contributed by atoms with Crippen LogP contribution in [0.5, 0.6) is 0 Å². The van der Waals surface area contributed by atoms with Crippen LogP contribution in [0.4, 0.5) is 0 Å². The van der Waals surface area contributed by atoms with Crippen LogP contribution < -0.4 is 5.69 Å². The maximum absolute atomic E-state index is 12.7. The van der Waals surface area contributed by atoms with Gasteiger partial charge >= 0.3 is 5.69 Å². The second kappa shape index (κ2) is 13.2. The quantitative estimate of drug-likeness (QED) is 0.171. The van der Waals surface area contributed by atoms with E-state index < -0.39 is 0 Å². The van der Waals surface area contributed by atoms with Gasteiger partial charge in [0.1, 0.15) is 0 Å². The largest absolute Gasteiger partial charge is 0.328 e. The first-order chi connectivity index (χ1) is 27.0. The fourth-order valence-electron chi connectivity index (χ4n) is 7.65. The molecule has 0 saturated carbocycles. The SMILES string of the molecule is Cn1c(=O)n(C)c2cc(-c3cccc(-c4cc(-c5cc(-c6ccccc6)cc(-c6ccc7sc8ccccc8c7c6)c5)nc(-c5ccccc5)n4)c3)ccc21. The Morgan fingerprint density at radius 3 is 1.75 bits per heavy atom. The third-order valence-corrected chi connectivity index (χ3v) is 11.7. The fraction of sp³-hybridized carbons (Fsp3) is 0.0408. The first-order valence-corrected chi connectivity index (χ1v) is 19.1. The van der Waals surface area contributed by atoms with Crippen LogP contribution in [0.2, 0.25) is 0 Å². The van der Waals surface area contributed by atoms with Gasteiger partial charge in [0.05, 0.1) is 22.4 Å². The van der Waals surface area contributed by atoms with Gasteiger partial charge < -0.3 is 0 Å². The molecule has 55 heavy (non-hydrogen) atoms. The summed E-state index contributed by atoms with van der Waals surface area (Å²) >= 11 is 1.83. The number of thiophene rings is 1. The molecule has 0 aliphatic heterocycles. The van der Waals surface area contributed by atoms with E-state index in [0.29, 0.717) is 5.82 Å². The molecule has 0 bridgehead atoms. The summed E-state index contributed by atoms with van der Waals surface area (Å²) < 4.78 is 5.96. The average molecular weight is 727 g/mol. The van der Waals surface area contributed by atoms with E-state index in [1.165, 1.54) is 20.2 Å². The van der Waals surface area contributed by atoms with E-state index in [4.69, 9.17) is 9.97 Å². The van der Waals surface area contributed by atoms with Crippen molar-refractivity contribution in [2.24, 2.45) is 14.1 Å². The van der Waals surface area contributed by atoms with Crippen molar-refractivity contribution in [3.8, 4) is 67.3 Å². The zero-order valence-corrected chi connectivity index (χ0v) is 31.1. The van der Waals surface area contributed by atoms with Crippen molar-refractivity contribution in [3.63, 3.8) is 0 Å². The van der Waals surface area contributed by atoms with Crippen LogP contribution in [0.3, 0.4) is 0 Å². The summed E-state index contributed by atoms with van der Waals surface area (Å²) in [6.07, 6.45) is 0. The van der Waals surface area contributed by atoms with Crippen molar-refractivity contribution in [1.29, 1.82) is 0 Å². The molecule has 0 fully saturated rings. The summed E-state index contributed by atoms with van der Waals surface area (Å²) in [4.78, 5) is 23.1. The van der Waals surface area contributed by atoms with E-state index >= 15 is 0 Å². The van der Waals surface area contributed by atoms with Crippen LogP contribution in [-0.4, -0.2) is 19.1 Å². The summed E-state index contributed by atoms with van der Waals surface area (Å²) in [5.74, 6) is 0.664. The Morgan fingerprint density at radius 1 is 0.400 bits per heavy atom. The van der Waals surface area contributed by atoms with Crippen molar-refractivity contribution in [2.75, 3.05) is 0 Å². The average Bonchev–Trinajstić information content (AvgIpc) is 3.73. The molecule has 10 rings (SSSR count). The van der Waals surface area contributed by atoms with Crippen LogP contribution in [0.1, 0.15) is 0 Å². The van der Waals surface area contributed by atoms with Crippen molar-refractivity contribution in [1.82, 2.24) is 19.1 Å². The van der Waals surface area contributed by atoms with Gasteiger partial charge in [0.2, 0.25) is 0 Å². The molecule has 0 N–H and O–H groups in total. The molecule has 0 aliphatic carbocycles. The lowest BCUT2D eigenvalue weighted by atomic mass is 9.93. The van der Waals surface area contributed by atoms with E-state index in [1.54, 1.807) is 9.13 Å². The molecule has 0 aliphatic rings. The lowest BCUT2D eigenvalue weighted by molar-refractivity contribution is 0.795. The van der Waals surface area contributed by atoms with Crippen LogP contribution >= 0.6 is 11.3 Å². The van der Waals surface area contributed by atoms with Gasteiger partial charge in [-0.25, -0.2) is 14.8 Å². The molecular formula is C49H34N4OS. The number of aryl methyl sites for hydroxylation is 2. The molecule has 6 heteroatoms. The van der Waals surface area contributed by atoms with Crippen molar-refractivity contribution < 1.29 is 0 Å². The number of hydrogen-bond acceptors (Lipinski definition) is 4. The summed E-state index contributed by atoms with van der Waals surface area (Å²) in [5, 5.41) is 2.56. The van der Waals surface area contributed by atoms with E-state index in [2.05, 4.69) is 146 Å². The highest BCUT2D eigenvalue weighted by molar-refractivity contribution is 7.25. The Balaban J connectivity index is 1.15. The maximum atomic E-state index is 12.7. The molecule has 0 radical (unpaired) electrons. The zero-order chi connectivity index (χ0) is 37.0. The molecule has 0 unspecified atom stereocenters. The second-order valence-corrected chi connectivity index (χ2v) is 15.1. The molecule has 3 heterocycles. The minimum Gasteiger partial charge on any atom is -0.295 e. The highest BCUT2D eigenvalue weighted by atomic mass is 32.1. The topological polar surface area (TPSA) is 52.7 Å². The highest BCUT2D eigenvalue weighted by Gasteiger charge is 2.16. The van der Waals surface area contributed by atoms with Gasteiger partial charge in [-0.1, -0.05) is 109 Å². The smallest absolute Gasteiger partial charge is 0.295 e. The van der Waals surface area contributed by atoms with Crippen molar-refractivity contribution >= 4 is 42.5 Å². The van der Waals surface area contributed by atoms with Crippen molar-refractivity contribution in [3.05, 3.63) is 180 Å². The van der Waals surface area contributed by atoms with E-state index in [9.17, 15) is 4.79 Å². The highest BCUT2D eigenvalue weighted by Crippen LogP contribution is 2.39. The van der Waals surface area contributed by atoms with E-state index in [-0.39, 0.29) is 5.69 Å². The first-order valence-electron chi connectivity index (χ1n) is 18.3. The number of imidazole rings is 1. The number of benzene rings is 7. The molecule has 262 valence electrons. The van der Waals surface area contributed by atoms with Gasteiger partial charge in [0.15, 0.2) is 5.82 Å². The molecule has 0 spiro atoms. The molecule has 0 saturated heterocycles. The standard InChI is InChI=1S/C49H34N4OS/c1-52-44-22-20-35(29-45(44)53(2)49(52)54)33-16-11-17-36(24-33)42-30-43(51-48(50-42)32-14-7-4-8-15-32)39-26-37(31-12-5-3-6-13-31)25-38(27-39)34-21-23-47-41(28-34)40-18-9-10-19-46(40)55-47/h3-30H,1-2H3. The lowest BCUT2D eigenvalue weighted by Crippen LogP contribution is -2.19. The molecule has 10 aromatic rings. The maximum Gasteiger partial charge on any atom is 0.328 e.